The minimum absolute atomic E-state index is 0.0167. The number of carbonyl (C=O) groups excluding carboxylic acids is 2. The largest absolute Gasteiger partial charge is 0.298 e. The molecule has 0 amide bonds. The maximum Gasteiger partial charge on any atom is 0.192 e. The van der Waals surface area contributed by atoms with Gasteiger partial charge < -0.3 is 0 Å². The van der Waals surface area contributed by atoms with E-state index in [2.05, 4.69) is 51.7 Å². The molecule has 0 aliphatic heterocycles. The van der Waals surface area contributed by atoms with Gasteiger partial charge in [0.2, 0.25) is 0 Å². The van der Waals surface area contributed by atoms with E-state index in [0.29, 0.717) is 11.6 Å². The third kappa shape index (κ3) is 1.87. The Kier molecular flexibility index (Phi) is 3.56. The van der Waals surface area contributed by atoms with Gasteiger partial charge in [-0.15, -0.1) is 10.2 Å². The summed E-state index contributed by atoms with van der Waals surface area (Å²) in [6.45, 7) is 13.5. The summed E-state index contributed by atoms with van der Waals surface area (Å²) in [4.78, 5) is 26.4. The third-order valence-corrected chi connectivity index (χ3v) is 11.5. The zero-order chi connectivity index (χ0) is 20.3. The topological polar surface area (TPSA) is 64.8 Å². The molecule has 0 aromatic carbocycles. The molecule has 0 spiro atoms. The van der Waals surface area contributed by atoms with Crippen LogP contribution in [-0.4, -0.2) is 31.6 Å². The SMILES string of the molecule is CC1(C)[C@H]2CC[C@@]1(C)[C@H](Sc1nncn1[C@@H]1C(=O)[C@H]3CC[C@]1(C)C3(C)C)C2=O. The highest BCUT2D eigenvalue weighted by Gasteiger charge is 2.68. The van der Waals surface area contributed by atoms with Crippen LogP contribution in [0.2, 0.25) is 0 Å². The zero-order valence-electron chi connectivity index (χ0n) is 17.8. The summed E-state index contributed by atoms with van der Waals surface area (Å²) in [5.74, 6) is 0.950. The van der Waals surface area contributed by atoms with Crippen molar-refractivity contribution in [2.75, 3.05) is 0 Å². The Hall–Kier alpha value is -1.17. The maximum absolute atomic E-state index is 13.3. The van der Waals surface area contributed by atoms with Crippen LogP contribution < -0.4 is 0 Å². The van der Waals surface area contributed by atoms with Crippen LogP contribution in [0.1, 0.15) is 73.3 Å². The highest BCUT2D eigenvalue weighted by Crippen LogP contribution is 2.69. The van der Waals surface area contributed by atoms with Gasteiger partial charge >= 0.3 is 0 Å². The zero-order valence-corrected chi connectivity index (χ0v) is 18.6. The molecular weight excluding hydrogens is 370 g/mol. The van der Waals surface area contributed by atoms with E-state index in [0.717, 1.165) is 30.8 Å². The molecule has 5 rings (SSSR count). The van der Waals surface area contributed by atoms with Crippen molar-refractivity contribution < 1.29 is 9.59 Å². The Labute approximate surface area is 171 Å². The molecule has 6 atom stereocenters. The molecule has 0 radical (unpaired) electrons. The average molecular weight is 402 g/mol. The second kappa shape index (κ2) is 5.30. The van der Waals surface area contributed by atoms with Gasteiger partial charge in [0.05, 0.1) is 5.25 Å². The van der Waals surface area contributed by atoms with Gasteiger partial charge in [0.1, 0.15) is 18.2 Å². The van der Waals surface area contributed by atoms with Crippen LogP contribution in [-0.2, 0) is 9.59 Å². The second-order valence-electron chi connectivity index (χ2n) is 11.2. The van der Waals surface area contributed by atoms with Crippen LogP contribution in [0.4, 0.5) is 0 Å². The predicted octanol–water partition coefficient (Wildman–Crippen LogP) is 4.33. The number of thioether (sulfide) groups is 1. The number of aromatic nitrogens is 3. The van der Waals surface area contributed by atoms with Gasteiger partial charge in [-0.25, -0.2) is 0 Å². The molecule has 4 aliphatic rings. The number of carbonyl (C=O) groups is 2. The van der Waals surface area contributed by atoms with Gasteiger partial charge in [-0.05, 0) is 41.9 Å². The Morgan fingerprint density at radius 1 is 0.929 bits per heavy atom. The molecule has 1 aromatic rings. The number of hydrogen-bond donors (Lipinski definition) is 0. The van der Waals surface area contributed by atoms with E-state index in [1.54, 1.807) is 18.1 Å². The lowest BCUT2D eigenvalue weighted by Gasteiger charge is -2.39. The van der Waals surface area contributed by atoms with Gasteiger partial charge in [0, 0.05) is 17.3 Å². The van der Waals surface area contributed by atoms with Crippen LogP contribution in [0.5, 0.6) is 0 Å². The summed E-state index contributed by atoms with van der Waals surface area (Å²) in [7, 11) is 0. The van der Waals surface area contributed by atoms with E-state index in [4.69, 9.17) is 0 Å². The molecule has 1 heterocycles. The summed E-state index contributed by atoms with van der Waals surface area (Å²) in [5.41, 5.74) is -0.119. The molecule has 4 aliphatic carbocycles. The summed E-state index contributed by atoms with van der Waals surface area (Å²) in [6, 6.07) is -0.215. The van der Waals surface area contributed by atoms with Crippen LogP contribution in [0.3, 0.4) is 0 Å². The Morgan fingerprint density at radius 3 is 2.04 bits per heavy atom. The van der Waals surface area contributed by atoms with Crippen molar-refractivity contribution in [3.63, 3.8) is 0 Å². The van der Waals surface area contributed by atoms with E-state index in [9.17, 15) is 9.59 Å². The number of nitrogens with zero attached hydrogens (tertiary/aromatic N) is 3. The van der Waals surface area contributed by atoms with E-state index in [-0.39, 0.29) is 44.8 Å². The van der Waals surface area contributed by atoms with E-state index in [1.807, 2.05) is 4.57 Å². The molecular formula is C22H31N3O2S. The summed E-state index contributed by atoms with van der Waals surface area (Å²) in [6.07, 6.45) is 5.84. The monoisotopic (exact) mass is 401 g/mol. The first-order chi connectivity index (χ1) is 13.0. The average Bonchev–Trinajstić information content (AvgIpc) is 3.27. The number of fused-ring (bicyclic) bond motifs is 4. The molecule has 28 heavy (non-hydrogen) atoms. The van der Waals surface area contributed by atoms with Gasteiger partial charge in [0.15, 0.2) is 10.9 Å². The highest BCUT2D eigenvalue weighted by molar-refractivity contribution is 8.00. The van der Waals surface area contributed by atoms with Gasteiger partial charge in [0.25, 0.3) is 0 Å². The second-order valence-corrected chi connectivity index (χ2v) is 12.3. The highest BCUT2D eigenvalue weighted by atomic mass is 32.2. The van der Waals surface area contributed by atoms with Gasteiger partial charge in [-0.2, -0.15) is 0 Å². The minimum atomic E-state index is -0.215. The first kappa shape index (κ1) is 18.8. The third-order valence-electron chi connectivity index (χ3n) is 10.0. The van der Waals surface area contributed by atoms with Crippen molar-refractivity contribution in [1.82, 2.24) is 14.8 Å². The fraction of sp³-hybridized carbons (Fsp3) is 0.818. The molecule has 0 unspecified atom stereocenters. The summed E-state index contributed by atoms with van der Waals surface area (Å²) in [5, 5.41) is 9.21. The van der Waals surface area contributed by atoms with Crippen molar-refractivity contribution in [3.8, 4) is 0 Å². The molecule has 0 saturated heterocycles. The lowest BCUT2D eigenvalue weighted by molar-refractivity contribution is -0.126. The normalized spacial score (nSPS) is 45.4. The van der Waals surface area contributed by atoms with Crippen molar-refractivity contribution in [2.24, 2.45) is 33.5 Å². The van der Waals surface area contributed by atoms with Crippen molar-refractivity contribution in [2.45, 2.75) is 83.7 Å². The lowest BCUT2D eigenvalue weighted by atomic mass is 9.69. The first-order valence-corrected chi connectivity index (χ1v) is 11.5. The maximum atomic E-state index is 13.3. The number of Topliss-reactive ketones (excluding diaryl/α,β-unsaturated/α-hetero) is 2. The smallest absolute Gasteiger partial charge is 0.192 e. The molecule has 1 aromatic heterocycles. The number of rotatable bonds is 3. The molecule has 4 saturated carbocycles. The van der Waals surface area contributed by atoms with Crippen molar-refractivity contribution >= 4 is 23.3 Å². The van der Waals surface area contributed by atoms with Crippen molar-refractivity contribution in [1.29, 1.82) is 0 Å². The van der Waals surface area contributed by atoms with E-state index < -0.39 is 0 Å². The first-order valence-electron chi connectivity index (χ1n) is 10.6. The van der Waals surface area contributed by atoms with Crippen LogP contribution in [0.15, 0.2) is 11.5 Å². The van der Waals surface area contributed by atoms with Crippen molar-refractivity contribution in [3.05, 3.63) is 6.33 Å². The molecule has 6 heteroatoms. The summed E-state index contributed by atoms with van der Waals surface area (Å²) >= 11 is 1.56. The molecule has 4 fully saturated rings. The fourth-order valence-corrected chi connectivity index (χ4v) is 8.78. The standard InChI is InChI=1S/C22H31N3O2S/c1-19(2)12-7-9-21(19,5)16(14(12)26)25-11-23-24-18(25)28-17-15(27)13-8-10-22(17,6)20(13,3)4/h11-13,16-17H,7-10H2,1-6H3/t12-,13+,16-,17-,21+,22+/m1/s1. The molecule has 0 N–H and O–H groups in total. The fourth-order valence-electron chi connectivity index (χ4n) is 7.24. The van der Waals surface area contributed by atoms with Crippen LogP contribution in [0, 0.1) is 33.5 Å². The molecule has 4 bridgehead atoms. The number of ketones is 2. The van der Waals surface area contributed by atoms with Gasteiger partial charge in [-0.1, -0.05) is 53.3 Å². The number of hydrogen-bond acceptors (Lipinski definition) is 5. The molecule has 5 nitrogen and oxygen atoms in total. The van der Waals surface area contributed by atoms with Gasteiger partial charge in [-0.3, -0.25) is 14.2 Å². The lowest BCUT2D eigenvalue weighted by Crippen LogP contribution is -2.37. The van der Waals surface area contributed by atoms with E-state index >= 15 is 0 Å². The molecule has 152 valence electrons. The Bertz CT molecular complexity index is 890. The van der Waals surface area contributed by atoms with E-state index in [1.165, 1.54) is 0 Å². The quantitative estimate of drug-likeness (QED) is 0.754. The minimum Gasteiger partial charge on any atom is -0.298 e. The van der Waals surface area contributed by atoms with Crippen LogP contribution >= 0.6 is 11.8 Å². The van der Waals surface area contributed by atoms with Crippen LogP contribution in [0.25, 0.3) is 0 Å². The Balaban J connectivity index is 1.51. The Morgan fingerprint density at radius 2 is 1.50 bits per heavy atom. The summed E-state index contributed by atoms with van der Waals surface area (Å²) < 4.78 is 2.00. The predicted molar refractivity (Wildman–Crippen MR) is 108 cm³/mol.